The molecule has 6 nitrogen and oxygen atoms in total. The molecule has 1 aliphatic rings. The number of halogens is 5. The van der Waals surface area contributed by atoms with Crippen molar-refractivity contribution in [1.29, 1.82) is 0 Å². The molecule has 0 unspecified atom stereocenters. The Morgan fingerprint density at radius 2 is 1.70 bits per heavy atom. The molecule has 1 fully saturated rings. The number of carbonyl (C=O) groups excluding carboxylic acids is 1. The van der Waals surface area contributed by atoms with E-state index in [1.165, 1.54) is 24.3 Å². The highest BCUT2D eigenvalue weighted by atomic mass is 19.4. The molecule has 0 bridgehead atoms. The van der Waals surface area contributed by atoms with Gasteiger partial charge in [0.25, 0.3) is 0 Å². The molecule has 11 heteroatoms. The normalized spacial score (nSPS) is 13.8. The van der Waals surface area contributed by atoms with Crippen molar-refractivity contribution >= 4 is 17.6 Å². The van der Waals surface area contributed by atoms with Crippen molar-refractivity contribution in [2.24, 2.45) is 0 Å². The minimum Gasteiger partial charge on any atom is -0.489 e. The number of anilines is 1. The summed E-state index contributed by atoms with van der Waals surface area (Å²) in [4.78, 5) is 26.0. The highest BCUT2D eigenvalue weighted by Crippen LogP contribution is 2.34. The van der Waals surface area contributed by atoms with E-state index in [0.29, 0.717) is 36.1 Å². The lowest BCUT2D eigenvalue weighted by Gasteiger charge is -2.27. The maximum atomic E-state index is 14.1. The van der Waals surface area contributed by atoms with Gasteiger partial charge in [-0.2, -0.15) is 13.2 Å². The van der Waals surface area contributed by atoms with Crippen molar-refractivity contribution in [2.45, 2.75) is 44.9 Å². The third-order valence-corrected chi connectivity index (χ3v) is 7.33. The van der Waals surface area contributed by atoms with Crippen molar-refractivity contribution in [3.05, 3.63) is 113 Å². The van der Waals surface area contributed by atoms with E-state index in [1.54, 1.807) is 33.9 Å². The minimum atomic E-state index is -4.60. The number of carboxylic acid groups (broad SMARTS) is 1. The van der Waals surface area contributed by atoms with Crippen LogP contribution in [0.25, 0.3) is 5.69 Å². The molecule has 0 aliphatic carbocycles. The van der Waals surface area contributed by atoms with Gasteiger partial charge in [0, 0.05) is 47.9 Å². The first-order valence-electron chi connectivity index (χ1n) is 13.6. The summed E-state index contributed by atoms with van der Waals surface area (Å²) in [5, 5.41) is 9.74. The zero-order valence-electron chi connectivity index (χ0n) is 22.8. The molecule has 1 aliphatic heterocycles. The number of amides is 1. The topological polar surface area (TPSA) is 71.8 Å². The lowest BCUT2D eigenvalue weighted by molar-refractivity contribution is -0.137. The van der Waals surface area contributed by atoms with Crippen molar-refractivity contribution in [1.82, 2.24) is 4.57 Å². The van der Waals surface area contributed by atoms with E-state index < -0.39 is 29.3 Å². The Balaban J connectivity index is 1.43. The van der Waals surface area contributed by atoms with Gasteiger partial charge in [0.05, 0.1) is 11.1 Å². The lowest BCUT2D eigenvalue weighted by atomic mass is 10.0. The molecule has 0 radical (unpaired) electrons. The Bertz CT molecular complexity index is 1660. The van der Waals surface area contributed by atoms with Crippen molar-refractivity contribution in [3.63, 3.8) is 0 Å². The Morgan fingerprint density at radius 1 is 0.907 bits per heavy atom. The van der Waals surface area contributed by atoms with Crippen molar-refractivity contribution < 1.29 is 41.4 Å². The second kappa shape index (κ2) is 12.3. The van der Waals surface area contributed by atoms with Crippen LogP contribution in [0, 0.1) is 11.6 Å². The Kier molecular flexibility index (Phi) is 8.52. The molecule has 1 aromatic heterocycles. The molecule has 5 rings (SSSR count). The van der Waals surface area contributed by atoms with E-state index in [0.717, 1.165) is 31.0 Å². The van der Waals surface area contributed by atoms with Gasteiger partial charge in [0.2, 0.25) is 5.91 Å². The fraction of sp³-hybridized carbons (Fsp3) is 0.250. The molecule has 1 N–H and O–H groups in total. The fourth-order valence-electron chi connectivity index (χ4n) is 5.11. The first-order valence-corrected chi connectivity index (χ1v) is 13.6. The third-order valence-electron chi connectivity index (χ3n) is 7.33. The van der Waals surface area contributed by atoms with Crippen molar-refractivity contribution in [2.75, 3.05) is 11.4 Å². The van der Waals surface area contributed by atoms with Crippen LogP contribution >= 0.6 is 0 Å². The van der Waals surface area contributed by atoms with Crippen LogP contribution in [0.15, 0.2) is 72.9 Å². The number of aromatic nitrogens is 1. The second-order valence-electron chi connectivity index (χ2n) is 10.3. The number of nitrogens with zero attached hydrogens (tertiary/aromatic N) is 2. The number of carbonyl (C=O) groups is 2. The van der Waals surface area contributed by atoms with Gasteiger partial charge in [-0.15, -0.1) is 0 Å². The van der Waals surface area contributed by atoms with Gasteiger partial charge >= 0.3 is 12.1 Å². The standard InChI is InChI=1S/C32H27F5N2O4/c33-24-9-6-21(28(34)17-24)19-43-29-11-8-23(32(35,36)37)14-20(29)7-10-25-4-3-13-38(25)26-15-22(31(41)42)16-27(18-26)39-12-2-1-5-30(39)40/h3-4,6,8-9,11,13-18H,1-2,5,7,10,12,19H2,(H,41,42). The number of hydrogen-bond acceptors (Lipinski definition) is 3. The summed E-state index contributed by atoms with van der Waals surface area (Å²) in [5.74, 6) is -2.73. The molecule has 0 spiro atoms. The number of hydrogen-bond donors (Lipinski definition) is 1. The molecule has 3 aromatic carbocycles. The quantitative estimate of drug-likeness (QED) is 0.205. The molecule has 0 saturated carbocycles. The largest absolute Gasteiger partial charge is 0.489 e. The van der Waals surface area contributed by atoms with E-state index in [4.69, 9.17) is 4.74 Å². The first-order chi connectivity index (χ1) is 20.5. The predicted octanol–water partition coefficient (Wildman–Crippen LogP) is 7.35. The number of piperidine rings is 1. The zero-order chi connectivity index (χ0) is 30.7. The average molecular weight is 599 g/mol. The van der Waals surface area contributed by atoms with E-state index in [2.05, 4.69) is 0 Å². The highest BCUT2D eigenvalue weighted by Gasteiger charge is 2.31. The zero-order valence-corrected chi connectivity index (χ0v) is 22.8. The highest BCUT2D eigenvalue weighted by molar-refractivity contribution is 5.97. The molecule has 1 saturated heterocycles. The van der Waals surface area contributed by atoms with Gasteiger partial charge < -0.3 is 19.3 Å². The fourth-order valence-corrected chi connectivity index (χ4v) is 5.11. The molecule has 1 amide bonds. The Hall–Kier alpha value is -4.67. The Labute approximate surface area is 243 Å². The van der Waals surface area contributed by atoms with E-state index in [-0.39, 0.29) is 47.8 Å². The smallest absolute Gasteiger partial charge is 0.416 e. The summed E-state index contributed by atoms with van der Waals surface area (Å²) in [5.41, 5.74) is 1.01. The van der Waals surface area contributed by atoms with Crippen LogP contribution in [0.3, 0.4) is 0 Å². The number of aromatic carboxylic acids is 1. The van der Waals surface area contributed by atoms with Crippen LogP contribution in [0.2, 0.25) is 0 Å². The number of carboxylic acids is 1. The van der Waals surface area contributed by atoms with Crippen LogP contribution < -0.4 is 9.64 Å². The summed E-state index contributed by atoms with van der Waals surface area (Å²) in [7, 11) is 0. The summed E-state index contributed by atoms with van der Waals surface area (Å²) in [6.45, 7) is 0.154. The monoisotopic (exact) mass is 598 g/mol. The van der Waals surface area contributed by atoms with Crippen molar-refractivity contribution in [3.8, 4) is 11.4 Å². The van der Waals surface area contributed by atoms with Crippen LogP contribution in [-0.2, 0) is 30.4 Å². The Morgan fingerprint density at radius 3 is 2.42 bits per heavy atom. The van der Waals surface area contributed by atoms with Gasteiger partial charge in [0.15, 0.2) is 0 Å². The summed E-state index contributed by atoms with van der Waals surface area (Å²) < 4.78 is 75.5. The molecule has 2 heterocycles. The van der Waals surface area contributed by atoms with E-state index >= 15 is 0 Å². The van der Waals surface area contributed by atoms with Gasteiger partial charge in [-0.1, -0.05) is 0 Å². The van der Waals surface area contributed by atoms with E-state index in [9.17, 15) is 36.6 Å². The SMILES string of the molecule is O=C(O)c1cc(N2CCCCC2=O)cc(-n2cccc2CCc2cc(C(F)(F)F)ccc2OCc2ccc(F)cc2F)c1. The predicted molar refractivity (Wildman–Crippen MR) is 148 cm³/mol. The maximum absolute atomic E-state index is 14.1. The number of rotatable bonds is 9. The second-order valence-corrected chi connectivity index (χ2v) is 10.3. The van der Waals surface area contributed by atoms with E-state index in [1.807, 2.05) is 0 Å². The number of aryl methyl sites for hydroxylation is 2. The van der Waals surface area contributed by atoms with Crippen LogP contribution in [0.4, 0.5) is 27.6 Å². The van der Waals surface area contributed by atoms with Gasteiger partial charge in [0.1, 0.15) is 24.0 Å². The van der Waals surface area contributed by atoms with Crippen LogP contribution in [0.1, 0.15) is 52.0 Å². The molecule has 43 heavy (non-hydrogen) atoms. The van der Waals surface area contributed by atoms with Gasteiger partial charge in [-0.05, 0) is 91.9 Å². The summed E-state index contributed by atoms with van der Waals surface area (Å²) in [6.07, 6.45) is -0.618. The summed E-state index contributed by atoms with van der Waals surface area (Å²) in [6, 6.07) is 14.1. The number of ether oxygens (including phenoxy) is 1. The molecular weight excluding hydrogens is 571 g/mol. The number of benzene rings is 3. The number of alkyl halides is 3. The minimum absolute atomic E-state index is 0.00730. The van der Waals surface area contributed by atoms with Gasteiger partial charge in [-0.25, -0.2) is 13.6 Å². The lowest BCUT2D eigenvalue weighted by Crippen LogP contribution is -2.35. The molecule has 0 atom stereocenters. The third kappa shape index (κ3) is 6.87. The average Bonchev–Trinajstić information content (AvgIpc) is 3.44. The first kappa shape index (κ1) is 29.8. The van der Waals surface area contributed by atoms with Gasteiger partial charge in [-0.3, -0.25) is 4.79 Å². The summed E-state index contributed by atoms with van der Waals surface area (Å²) >= 11 is 0. The van der Waals surface area contributed by atoms with Crippen LogP contribution in [-0.4, -0.2) is 28.1 Å². The molecular formula is C32H27F5N2O4. The maximum Gasteiger partial charge on any atom is 0.416 e. The molecule has 4 aromatic rings. The van der Waals surface area contributed by atoms with Crippen LogP contribution in [0.5, 0.6) is 5.75 Å². The molecule has 224 valence electrons.